The van der Waals surface area contributed by atoms with Crippen LogP contribution in [0.4, 0.5) is 17.6 Å². The zero-order chi connectivity index (χ0) is 16.1. The standard InChI is InChI=1S/C17H17N5O/c1-12(23-14-10-6-3-7-11-14)15-20-16(18)22-17(21-15)19-13-8-4-2-5-9-13/h2-12H,1H3,(H3,18,19,20,21,22)/t12-/m0/s1. The predicted octanol–water partition coefficient (Wildman–Crippen LogP) is 3.34. The maximum absolute atomic E-state index is 5.82. The first kappa shape index (κ1) is 14.8. The molecule has 0 amide bonds. The van der Waals surface area contributed by atoms with Gasteiger partial charge in [0.2, 0.25) is 11.9 Å². The summed E-state index contributed by atoms with van der Waals surface area (Å²) < 4.78 is 5.82. The van der Waals surface area contributed by atoms with Crippen molar-refractivity contribution in [3.05, 3.63) is 66.5 Å². The number of nitrogens with one attached hydrogen (secondary N) is 1. The SMILES string of the molecule is C[C@H](Oc1ccccc1)c1nc(N)nc(Nc2ccccc2)n1. The smallest absolute Gasteiger partial charge is 0.232 e. The highest BCUT2D eigenvalue weighted by Crippen LogP contribution is 2.21. The maximum atomic E-state index is 5.82. The predicted molar refractivity (Wildman–Crippen MR) is 89.4 cm³/mol. The van der Waals surface area contributed by atoms with Crippen molar-refractivity contribution in [2.24, 2.45) is 0 Å². The van der Waals surface area contributed by atoms with Gasteiger partial charge in [0.1, 0.15) is 5.75 Å². The van der Waals surface area contributed by atoms with Gasteiger partial charge >= 0.3 is 0 Å². The largest absolute Gasteiger partial charge is 0.483 e. The van der Waals surface area contributed by atoms with E-state index in [0.29, 0.717) is 11.8 Å². The summed E-state index contributed by atoms with van der Waals surface area (Å²) >= 11 is 0. The Kier molecular flexibility index (Phi) is 4.33. The number of hydrogen-bond donors (Lipinski definition) is 2. The van der Waals surface area contributed by atoms with E-state index < -0.39 is 0 Å². The van der Waals surface area contributed by atoms with Gasteiger partial charge in [-0.3, -0.25) is 0 Å². The lowest BCUT2D eigenvalue weighted by molar-refractivity contribution is 0.216. The first-order valence-corrected chi connectivity index (χ1v) is 7.26. The third kappa shape index (κ3) is 3.94. The number of benzene rings is 2. The van der Waals surface area contributed by atoms with Crippen molar-refractivity contribution in [2.45, 2.75) is 13.0 Å². The van der Waals surface area contributed by atoms with Crippen LogP contribution in [0.3, 0.4) is 0 Å². The van der Waals surface area contributed by atoms with Crippen molar-refractivity contribution in [3.63, 3.8) is 0 Å². The number of anilines is 3. The van der Waals surface area contributed by atoms with Crippen LogP contribution >= 0.6 is 0 Å². The lowest BCUT2D eigenvalue weighted by Gasteiger charge is -2.14. The van der Waals surface area contributed by atoms with Gasteiger partial charge in [-0.1, -0.05) is 36.4 Å². The quantitative estimate of drug-likeness (QED) is 0.752. The summed E-state index contributed by atoms with van der Waals surface area (Å²) in [6.45, 7) is 1.87. The topological polar surface area (TPSA) is 86.0 Å². The summed E-state index contributed by atoms with van der Waals surface area (Å²) in [6, 6.07) is 19.1. The van der Waals surface area contributed by atoms with E-state index >= 15 is 0 Å². The molecule has 0 spiro atoms. The Bertz CT molecular complexity index is 764. The summed E-state index contributed by atoms with van der Waals surface area (Å²) in [7, 11) is 0. The number of ether oxygens (including phenoxy) is 1. The van der Waals surface area contributed by atoms with E-state index in [1.165, 1.54) is 0 Å². The molecule has 6 nitrogen and oxygen atoms in total. The first-order valence-electron chi connectivity index (χ1n) is 7.26. The zero-order valence-corrected chi connectivity index (χ0v) is 12.7. The molecule has 2 aromatic carbocycles. The highest BCUT2D eigenvalue weighted by atomic mass is 16.5. The van der Waals surface area contributed by atoms with Crippen LogP contribution in [0.2, 0.25) is 0 Å². The second-order valence-corrected chi connectivity index (χ2v) is 4.94. The molecule has 0 fully saturated rings. The van der Waals surface area contributed by atoms with Crippen LogP contribution in [-0.4, -0.2) is 15.0 Å². The highest BCUT2D eigenvalue weighted by molar-refractivity contribution is 5.53. The molecular formula is C17H17N5O. The van der Waals surface area contributed by atoms with Crippen molar-refractivity contribution in [1.29, 1.82) is 0 Å². The molecule has 3 rings (SSSR count). The van der Waals surface area contributed by atoms with Crippen LogP contribution in [0.5, 0.6) is 5.75 Å². The molecule has 0 aliphatic rings. The average Bonchev–Trinajstić information content (AvgIpc) is 2.56. The van der Waals surface area contributed by atoms with Crippen molar-refractivity contribution in [1.82, 2.24) is 15.0 Å². The summed E-state index contributed by atoms with van der Waals surface area (Å²) in [5.41, 5.74) is 6.66. The van der Waals surface area contributed by atoms with E-state index in [2.05, 4.69) is 20.3 Å². The number of nitrogens with two attached hydrogens (primary N) is 1. The normalized spacial score (nSPS) is 11.7. The van der Waals surface area contributed by atoms with Gasteiger partial charge in [0.05, 0.1) is 0 Å². The van der Waals surface area contributed by atoms with E-state index in [-0.39, 0.29) is 12.1 Å². The van der Waals surface area contributed by atoms with E-state index in [4.69, 9.17) is 10.5 Å². The maximum Gasteiger partial charge on any atom is 0.232 e. The lowest BCUT2D eigenvalue weighted by Crippen LogP contribution is -2.12. The van der Waals surface area contributed by atoms with E-state index in [1.807, 2.05) is 67.6 Å². The molecule has 0 saturated heterocycles. The number of aromatic nitrogens is 3. The zero-order valence-electron chi connectivity index (χ0n) is 12.7. The minimum atomic E-state index is -0.348. The van der Waals surface area contributed by atoms with Gasteiger partial charge in [-0.15, -0.1) is 0 Å². The number of nitrogen functional groups attached to an aromatic ring is 1. The van der Waals surface area contributed by atoms with Crippen molar-refractivity contribution in [3.8, 4) is 5.75 Å². The first-order chi connectivity index (χ1) is 11.2. The minimum absolute atomic E-state index is 0.150. The van der Waals surface area contributed by atoms with Crippen LogP contribution < -0.4 is 15.8 Å². The molecule has 0 unspecified atom stereocenters. The minimum Gasteiger partial charge on any atom is -0.483 e. The molecule has 0 aliphatic heterocycles. The fourth-order valence-electron chi connectivity index (χ4n) is 2.05. The molecule has 0 bridgehead atoms. The fraction of sp³-hybridized carbons (Fsp3) is 0.118. The van der Waals surface area contributed by atoms with Crippen molar-refractivity contribution >= 4 is 17.6 Å². The third-order valence-electron chi connectivity index (χ3n) is 3.12. The van der Waals surface area contributed by atoms with Crippen LogP contribution in [0.1, 0.15) is 18.9 Å². The van der Waals surface area contributed by atoms with Crippen molar-refractivity contribution in [2.75, 3.05) is 11.1 Å². The Morgan fingerprint density at radius 1 is 0.913 bits per heavy atom. The van der Waals surface area contributed by atoms with Crippen LogP contribution in [-0.2, 0) is 0 Å². The monoisotopic (exact) mass is 307 g/mol. The Morgan fingerprint density at radius 2 is 1.57 bits per heavy atom. The molecule has 3 aromatic rings. The van der Waals surface area contributed by atoms with Gasteiger partial charge in [-0.05, 0) is 31.2 Å². The second kappa shape index (κ2) is 6.74. The van der Waals surface area contributed by atoms with E-state index in [0.717, 1.165) is 11.4 Å². The lowest BCUT2D eigenvalue weighted by atomic mass is 10.3. The van der Waals surface area contributed by atoms with Crippen LogP contribution in [0.15, 0.2) is 60.7 Å². The molecule has 0 radical (unpaired) electrons. The van der Waals surface area contributed by atoms with Crippen LogP contribution in [0.25, 0.3) is 0 Å². The average molecular weight is 307 g/mol. The Hall–Kier alpha value is -3.15. The van der Waals surface area contributed by atoms with Gasteiger partial charge in [0.25, 0.3) is 0 Å². The third-order valence-corrected chi connectivity index (χ3v) is 3.12. The van der Waals surface area contributed by atoms with Gasteiger partial charge in [0, 0.05) is 5.69 Å². The van der Waals surface area contributed by atoms with Gasteiger partial charge in [-0.25, -0.2) is 0 Å². The summed E-state index contributed by atoms with van der Waals surface area (Å²) in [5.74, 6) is 1.76. The van der Waals surface area contributed by atoms with Crippen molar-refractivity contribution < 1.29 is 4.74 Å². The molecule has 0 saturated carbocycles. The molecule has 6 heteroatoms. The molecule has 1 atom stereocenters. The molecule has 23 heavy (non-hydrogen) atoms. The van der Waals surface area contributed by atoms with Gasteiger partial charge < -0.3 is 15.8 Å². The molecule has 1 aromatic heterocycles. The highest BCUT2D eigenvalue weighted by Gasteiger charge is 2.14. The molecule has 3 N–H and O–H groups in total. The van der Waals surface area contributed by atoms with Gasteiger partial charge in [0.15, 0.2) is 11.9 Å². The summed E-state index contributed by atoms with van der Waals surface area (Å²) in [6.07, 6.45) is -0.348. The number of rotatable bonds is 5. The molecular weight excluding hydrogens is 290 g/mol. The number of hydrogen-bond acceptors (Lipinski definition) is 6. The molecule has 1 heterocycles. The van der Waals surface area contributed by atoms with E-state index in [9.17, 15) is 0 Å². The Balaban J connectivity index is 1.79. The summed E-state index contributed by atoms with van der Waals surface area (Å²) in [5, 5.41) is 3.11. The Labute approximate surface area is 134 Å². The van der Waals surface area contributed by atoms with Crippen LogP contribution in [0, 0.1) is 0 Å². The van der Waals surface area contributed by atoms with E-state index in [1.54, 1.807) is 0 Å². The number of para-hydroxylation sites is 2. The van der Waals surface area contributed by atoms with Gasteiger partial charge in [-0.2, -0.15) is 15.0 Å². The Morgan fingerprint density at radius 3 is 2.26 bits per heavy atom. The second-order valence-electron chi connectivity index (χ2n) is 4.94. The fourth-order valence-corrected chi connectivity index (χ4v) is 2.05. The summed E-state index contributed by atoms with van der Waals surface area (Å²) in [4.78, 5) is 12.7. The molecule has 116 valence electrons. The molecule has 0 aliphatic carbocycles. The number of nitrogens with zero attached hydrogens (tertiary/aromatic N) is 3.